The van der Waals surface area contributed by atoms with E-state index in [0.29, 0.717) is 0 Å². The van der Waals surface area contributed by atoms with Crippen LogP contribution in [0.1, 0.15) is 52.4 Å². The zero-order valence-corrected chi connectivity index (χ0v) is 12.1. The van der Waals surface area contributed by atoms with Crippen LogP contribution in [0.5, 0.6) is 0 Å². The molecule has 3 aliphatic rings. The van der Waals surface area contributed by atoms with Gasteiger partial charge in [0.1, 0.15) is 0 Å². The summed E-state index contributed by atoms with van der Waals surface area (Å²) in [6.07, 6.45) is 7.99. The first-order valence-electron chi connectivity index (χ1n) is 7.68. The summed E-state index contributed by atoms with van der Waals surface area (Å²) in [5.41, 5.74) is 0.0855. The summed E-state index contributed by atoms with van der Waals surface area (Å²) < 4.78 is 5.88. The maximum Gasteiger partial charge on any atom is 0.0641 e. The maximum absolute atomic E-state index is 5.88. The van der Waals surface area contributed by atoms with Crippen LogP contribution in [0, 0.1) is 0 Å². The van der Waals surface area contributed by atoms with Gasteiger partial charge in [-0.3, -0.25) is 4.90 Å². The topological polar surface area (TPSA) is 24.5 Å². The largest absolute Gasteiger partial charge is 0.375 e. The molecule has 3 nitrogen and oxygen atoms in total. The first kappa shape index (κ1) is 12.9. The minimum atomic E-state index is 0.0855. The van der Waals surface area contributed by atoms with Gasteiger partial charge in [-0.05, 0) is 59.4 Å². The Hall–Kier alpha value is -0.120. The summed E-state index contributed by atoms with van der Waals surface area (Å²) in [6.45, 7) is 5.45. The Morgan fingerprint density at radius 3 is 2.28 bits per heavy atom. The van der Waals surface area contributed by atoms with Crippen LogP contribution in [0.4, 0.5) is 0 Å². The van der Waals surface area contributed by atoms with E-state index in [1.807, 2.05) is 0 Å². The summed E-state index contributed by atoms with van der Waals surface area (Å²) in [5, 5.41) is 3.49. The summed E-state index contributed by atoms with van der Waals surface area (Å²) in [7, 11) is 2.12. The number of hydrogen-bond donors (Lipinski definition) is 1. The quantitative estimate of drug-likeness (QED) is 0.815. The Morgan fingerprint density at radius 1 is 1.06 bits per heavy atom. The van der Waals surface area contributed by atoms with Gasteiger partial charge in [-0.15, -0.1) is 0 Å². The number of rotatable bonds is 2. The highest BCUT2D eigenvalue weighted by Gasteiger charge is 2.45. The lowest BCUT2D eigenvalue weighted by Crippen LogP contribution is -2.55. The van der Waals surface area contributed by atoms with E-state index in [0.717, 1.165) is 30.8 Å². The Bertz CT molecular complexity index is 291. The molecular weight excluding hydrogens is 224 g/mol. The fraction of sp³-hybridized carbons (Fsp3) is 1.00. The van der Waals surface area contributed by atoms with Crippen molar-refractivity contribution in [2.24, 2.45) is 0 Å². The number of piperidine rings is 1. The smallest absolute Gasteiger partial charge is 0.0641 e. The van der Waals surface area contributed by atoms with Crippen LogP contribution in [-0.4, -0.2) is 48.3 Å². The van der Waals surface area contributed by atoms with Crippen LogP contribution in [0.3, 0.4) is 0 Å². The highest BCUT2D eigenvalue weighted by atomic mass is 16.5. The van der Waals surface area contributed by atoms with E-state index in [4.69, 9.17) is 4.74 Å². The van der Waals surface area contributed by atoms with Gasteiger partial charge in [-0.2, -0.15) is 0 Å². The number of fused-ring (bicyclic) bond motifs is 2. The summed E-state index contributed by atoms with van der Waals surface area (Å²) in [4.78, 5) is 2.87. The van der Waals surface area contributed by atoms with E-state index in [-0.39, 0.29) is 5.60 Å². The second kappa shape index (κ2) is 4.77. The fourth-order valence-electron chi connectivity index (χ4n) is 4.50. The average Bonchev–Trinajstić information content (AvgIpc) is 2.59. The molecule has 0 aromatic heterocycles. The van der Waals surface area contributed by atoms with Crippen molar-refractivity contribution < 1.29 is 4.74 Å². The maximum atomic E-state index is 5.88. The molecule has 3 aliphatic heterocycles. The summed E-state index contributed by atoms with van der Waals surface area (Å²) >= 11 is 0. The molecule has 3 atom stereocenters. The van der Waals surface area contributed by atoms with E-state index >= 15 is 0 Å². The van der Waals surface area contributed by atoms with Gasteiger partial charge in [-0.25, -0.2) is 0 Å². The minimum absolute atomic E-state index is 0.0855. The Morgan fingerprint density at radius 2 is 1.72 bits per heavy atom. The molecule has 2 bridgehead atoms. The van der Waals surface area contributed by atoms with Crippen molar-refractivity contribution in [3.8, 4) is 0 Å². The van der Waals surface area contributed by atoms with E-state index in [1.54, 1.807) is 0 Å². The van der Waals surface area contributed by atoms with Crippen LogP contribution in [-0.2, 0) is 4.74 Å². The van der Waals surface area contributed by atoms with Crippen LogP contribution in [0.25, 0.3) is 0 Å². The van der Waals surface area contributed by atoms with Gasteiger partial charge in [0.25, 0.3) is 0 Å². The molecule has 3 heteroatoms. The van der Waals surface area contributed by atoms with Crippen molar-refractivity contribution in [2.75, 3.05) is 13.7 Å². The molecule has 0 aromatic rings. The van der Waals surface area contributed by atoms with Crippen LogP contribution >= 0.6 is 0 Å². The molecule has 0 saturated carbocycles. The van der Waals surface area contributed by atoms with Gasteiger partial charge in [0.05, 0.1) is 5.60 Å². The van der Waals surface area contributed by atoms with Gasteiger partial charge >= 0.3 is 0 Å². The van der Waals surface area contributed by atoms with E-state index in [2.05, 4.69) is 31.1 Å². The van der Waals surface area contributed by atoms with Crippen molar-refractivity contribution >= 4 is 0 Å². The second-order valence-electron chi connectivity index (χ2n) is 7.04. The fourth-order valence-corrected chi connectivity index (χ4v) is 4.50. The average molecular weight is 252 g/mol. The molecule has 0 spiro atoms. The van der Waals surface area contributed by atoms with Crippen LogP contribution < -0.4 is 5.32 Å². The number of hydrogen-bond acceptors (Lipinski definition) is 3. The van der Waals surface area contributed by atoms with E-state index in [9.17, 15) is 0 Å². The van der Waals surface area contributed by atoms with Crippen molar-refractivity contribution in [2.45, 2.75) is 82.1 Å². The lowest BCUT2D eigenvalue weighted by molar-refractivity contribution is -0.0958. The number of nitrogens with one attached hydrogen (secondary N) is 1. The molecule has 3 unspecified atom stereocenters. The zero-order valence-electron chi connectivity index (χ0n) is 12.1. The van der Waals surface area contributed by atoms with Gasteiger partial charge in [-0.1, -0.05) is 0 Å². The molecule has 3 heterocycles. The van der Waals surface area contributed by atoms with Crippen LogP contribution in [0.15, 0.2) is 0 Å². The van der Waals surface area contributed by atoms with Gasteiger partial charge in [0, 0.05) is 30.8 Å². The third-order valence-electron chi connectivity index (χ3n) is 5.29. The molecule has 0 amide bonds. The highest BCUT2D eigenvalue weighted by molar-refractivity contribution is 5.01. The lowest BCUT2D eigenvalue weighted by atomic mass is 9.88. The molecule has 3 saturated heterocycles. The molecule has 18 heavy (non-hydrogen) atoms. The Balaban J connectivity index is 1.70. The number of ether oxygens (including phenoxy) is 1. The highest BCUT2D eigenvalue weighted by Crippen LogP contribution is 2.41. The third kappa shape index (κ3) is 2.33. The van der Waals surface area contributed by atoms with E-state index < -0.39 is 0 Å². The molecule has 3 fully saturated rings. The van der Waals surface area contributed by atoms with Crippen molar-refractivity contribution in [3.63, 3.8) is 0 Å². The molecule has 0 radical (unpaired) electrons. The number of nitrogens with zero attached hydrogens (tertiary/aromatic N) is 1. The molecular formula is C15H28N2O. The lowest BCUT2D eigenvalue weighted by Gasteiger charge is -2.48. The normalized spacial score (nSPS) is 44.2. The SMILES string of the molecule is CNC1CC2CCC(C1)N2C1CCOC(C)(C)C1. The summed E-state index contributed by atoms with van der Waals surface area (Å²) in [6, 6.07) is 3.19. The Labute approximate surface area is 111 Å². The predicted molar refractivity (Wildman–Crippen MR) is 73.8 cm³/mol. The van der Waals surface area contributed by atoms with E-state index in [1.165, 1.54) is 38.5 Å². The van der Waals surface area contributed by atoms with Crippen molar-refractivity contribution in [1.29, 1.82) is 0 Å². The van der Waals surface area contributed by atoms with Gasteiger partial charge in [0.2, 0.25) is 0 Å². The third-order valence-corrected chi connectivity index (χ3v) is 5.29. The zero-order chi connectivity index (χ0) is 12.8. The molecule has 0 aromatic carbocycles. The predicted octanol–water partition coefficient (Wildman–Crippen LogP) is 2.16. The Kier molecular flexibility index (Phi) is 3.41. The van der Waals surface area contributed by atoms with Crippen molar-refractivity contribution in [3.05, 3.63) is 0 Å². The minimum Gasteiger partial charge on any atom is -0.375 e. The standard InChI is InChI=1S/C15H28N2O/c1-15(2)10-14(6-7-18-15)17-12-4-5-13(17)9-11(8-12)16-3/h11-14,16H,4-10H2,1-3H3. The molecule has 1 N–H and O–H groups in total. The van der Waals surface area contributed by atoms with Crippen molar-refractivity contribution in [1.82, 2.24) is 10.2 Å². The van der Waals surface area contributed by atoms with Gasteiger partial charge < -0.3 is 10.1 Å². The van der Waals surface area contributed by atoms with Gasteiger partial charge in [0.15, 0.2) is 0 Å². The second-order valence-corrected chi connectivity index (χ2v) is 7.04. The first-order chi connectivity index (χ1) is 8.59. The molecule has 104 valence electrons. The molecule has 3 rings (SSSR count). The summed E-state index contributed by atoms with van der Waals surface area (Å²) in [5.74, 6) is 0. The first-order valence-corrected chi connectivity index (χ1v) is 7.68. The van der Waals surface area contributed by atoms with Crippen LogP contribution in [0.2, 0.25) is 0 Å². The monoisotopic (exact) mass is 252 g/mol. The molecule has 0 aliphatic carbocycles.